The molecule has 0 aliphatic rings. The van der Waals surface area contributed by atoms with E-state index in [1.165, 1.54) is 28.4 Å². The Kier molecular flexibility index (Phi) is 5.33. The van der Waals surface area contributed by atoms with E-state index in [1.54, 1.807) is 11.0 Å². The van der Waals surface area contributed by atoms with Crippen molar-refractivity contribution in [3.63, 3.8) is 0 Å². The van der Waals surface area contributed by atoms with Crippen LogP contribution >= 0.6 is 0 Å². The fourth-order valence-electron chi connectivity index (χ4n) is 3.02. The fourth-order valence-corrected chi connectivity index (χ4v) is 3.02. The van der Waals surface area contributed by atoms with Crippen molar-refractivity contribution < 1.29 is 4.79 Å². The molecule has 0 saturated carbocycles. The summed E-state index contributed by atoms with van der Waals surface area (Å²) in [6.45, 7) is 5.27. The van der Waals surface area contributed by atoms with Gasteiger partial charge in [-0.1, -0.05) is 25.1 Å². The van der Waals surface area contributed by atoms with Crippen LogP contribution in [-0.2, 0) is 19.4 Å². The summed E-state index contributed by atoms with van der Waals surface area (Å²) < 4.78 is 1.70. The molecule has 3 aromatic rings. The first-order chi connectivity index (χ1) is 12.2. The van der Waals surface area contributed by atoms with E-state index in [1.807, 2.05) is 13.1 Å². The van der Waals surface area contributed by atoms with Crippen LogP contribution in [0.2, 0.25) is 0 Å². The zero-order valence-corrected chi connectivity index (χ0v) is 14.6. The second kappa shape index (κ2) is 7.83. The van der Waals surface area contributed by atoms with E-state index in [2.05, 4.69) is 50.8 Å². The number of hydrogen-bond acceptors (Lipinski definition) is 3. The Morgan fingerprint density at radius 3 is 3.00 bits per heavy atom. The Bertz CT molecular complexity index is 823. The first kappa shape index (κ1) is 17.0. The Balaban J connectivity index is 1.48. The van der Waals surface area contributed by atoms with Gasteiger partial charge in [-0.3, -0.25) is 4.68 Å². The van der Waals surface area contributed by atoms with Crippen LogP contribution in [-0.4, -0.2) is 38.4 Å². The largest absolute Gasteiger partial charge is 0.361 e. The number of aromatic nitrogens is 4. The average molecular weight is 340 g/mol. The van der Waals surface area contributed by atoms with Gasteiger partial charge in [-0.2, -0.15) is 5.10 Å². The van der Waals surface area contributed by atoms with Crippen molar-refractivity contribution in [1.29, 1.82) is 0 Å². The van der Waals surface area contributed by atoms with E-state index in [9.17, 15) is 4.79 Å². The van der Waals surface area contributed by atoms with Gasteiger partial charge in [0.2, 0.25) is 0 Å². The minimum atomic E-state index is -0.165. The SMILES string of the molecule is CCc1cccc2c(CCNC(=O)N[C@@H](C)Cn3cncn3)c[nH]c12. The number of aromatic amines is 1. The molecule has 0 aliphatic heterocycles. The van der Waals surface area contributed by atoms with Crippen LogP contribution in [0.3, 0.4) is 0 Å². The maximum atomic E-state index is 12.0. The molecule has 2 amide bonds. The number of hydrogen-bond donors (Lipinski definition) is 3. The number of rotatable bonds is 7. The number of urea groups is 1. The summed E-state index contributed by atoms with van der Waals surface area (Å²) in [5.41, 5.74) is 3.74. The van der Waals surface area contributed by atoms with Gasteiger partial charge in [0.15, 0.2) is 0 Å². The van der Waals surface area contributed by atoms with Gasteiger partial charge in [-0.05, 0) is 30.9 Å². The van der Waals surface area contributed by atoms with Gasteiger partial charge in [-0.25, -0.2) is 9.78 Å². The molecule has 2 aromatic heterocycles. The predicted octanol–water partition coefficient (Wildman–Crippen LogP) is 2.25. The first-order valence-corrected chi connectivity index (χ1v) is 8.62. The van der Waals surface area contributed by atoms with E-state index in [0.717, 1.165) is 12.8 Å². The molecule has 25 heavy (non-hydrogen) atoms. The van der Waals surface area contributed by atoms with Crippen molar-refractivity contribution in [2.24, 2.45) is 0 Å². The number of carbonyl (C=O) groups excluding carboxylic acids is 1. The minimum Gasteiger partial charge on any atom is -0.361 e. The summed E-state index contributed by atoms with van der Waals surface area (Å²) in [5, 5.41) is 11.1. The first-order valence-electron chi connectivity index (χ1n) is 8.62. The highest BCUT2D eigenvalue weighted by Crippen LogP contribution is 2.22. The molecule has 0 aliphatic carbocycles. The van der Waals surface area contributed by atoms with Crippen LogP contribution in [0.15, 0.2) is 37.1 Å². The average Bonchev–Trinajstić information content (AvgIpc) is 3.24. The van der Waals surface area contributed by atoms with E-state index in [4.69, 9.17) is 0 Å². The lowest BCUT2D eigenvalue weighted by Crippen LogP contribution is -2.43. The van der Waals surface area contributed by atoms with E-state index in [0.29, 0.717) is 13.1 Å². The van der Waals surface area contributed by atoms with Crippen LogP contribution in [0.25, 0.3) is 10.9 Å². The molecule has 0 saturated heterocycles. The lowest BCUT2D eigenvalue weighted by Gasteiger charge is -2.14. The van der Waals surface area contributed by atoms with Gasteiger partial charge < -0.3 is 15.6 Å². The number of nitrogens with zero attached hydrogens (tertiary/aromatic N) is 3. The second-order valence-corrected chi connectivity index (χ2v) is 6.18. The summed E-state index contributed by atoms with van der Waals surface area (Å²) in [7, 11) is 0. The molecule has 3 N–H and O–H groups in total. The van der Waals surface area contributed by atoms with Crippen molar-refractivity contribution in [2.45, 2.75) is 39.3 Å². The molecule has 0 unspecified atom stereocenters. The lowest BCUT2D eigenvalue weighted by molar-refractivity contribution is 0.236. The van der Waals surface area contributed by atoms with Gasteiger partial charge in [0.25, 0.3) is 0 Å². The van der Waals surface area contributed by atoms with Gasteiger partial charge >= 0.3 is 6.03 Å². The number of aryl methyl sites for hydroxylation is 1. The number of fused-ring (bicyclic) bond motifs is 1. The molecule has 1 atom stereocenters. The van der Waals surface area contributed by atoms with Crippen LogP contribution < -0.4 is 10.6 Å². The highest BCUT2D eigenvalue weighted by Gasteiger charge is 2.09. The van der Waals surface area contributed by atoms with Gasteiger partial charge in [0.05, 0.1) is 6.54 Å². The molecule has 3 rings (SSSR count). The molecule has 0 fully saturated rings. The smallest absolute Gasteiger partial charge is 0.315 e. The zero-order valence-electron chi connectivity index (χ0n) is 14.6. The zero-order chi connectivity index (χ0) is 17.6. The third kappa shape index (κ3) is 4.17. The van der Waals surface area contributed by atoms with Gasteiger partial charge in [0, 0.05) is 29.7 Å². The quantitative estimate of drug-likeness (QED) is 0.616. The van der Waals surface area contributed by atoms with Crippen molar-refractivity contribution in [3.05, 3.63) is 48.2 Å². The fraction of sp³-hybridized carbons (Fsp3) is 0.389. The number of nitrogens with one attached hydrogen (secondary N) is 3. The van der Waals surface area contributed by atoms with Crippen molar-refractivity contribution >= 4 is 16.9 Å². The predicted molar refractivity (Wildman–Crippen MR) is 97.4 cm³/mol. The van der Waals surface area contributed by atoms with Crippen LogP contribution in [0.4, 0.5) is 4.79 Å². The maximum absolute atomic E-state index is 12.0. The Hall–Kier alpha value is -2.83. The summed E-state index contributed by atoms with van der Waals surface area (Å²) in [5.74, 6) is 0. The molecule has 0 spiro atoms. The standard InChI is InChI=1S/C18H24N6O/c1-3-14-5-4-6-16-15(9-21-17(14)16)7-8-20-18(25)23-13(2)10-24-12-19-11-22-24/h4-6,9,11-13,21H,3,7-8,10H2,1-2H3,(H2,20,23,25)/t13-/m0/s1. The minimum absolute atomic E-state index is 0.0260. The third-order valence-electron chi connectivity index (χ3n) is 4.25. The Labute approximate surface area is 146 Å². The topological polar surface area (TPSA) is 87.6 Å². The van der Waals surface area contributed by atoms with E-state index >= 15 is 0 Å². The summed E-state index contributed by atoms with van der Waals surface area (Å²) in [6, 6.07) is 6.17. The Morgan fingerprint density at radius 2 is 2.24 bits per heavy atom. The maximum Gasteiger partial charge on any atom is 0.315 e. The molecule has 7 heteroatoms. The highest BCUT2D eigenvalue weighted by atomic mass is 16.2. The number of carbonyl (C=O) groups is 1. The summed E-state index contributed by atoms with van der Waals surface area (Å²) in [4.78, 5) is 19.2. The van der Waals surface area contributed by atoms with Crippen molar-refractivity contribution in [1.82, 2.24) is 30.4 Å². The number of H-pyrrole nitrogens is 1. The van der Waals surface area contributed by atoms with Crippen molar-refractivity contribution in [3.8, 4) is 0 Å². The number of amides is 2. The molecule has 2 heterocycles. The Morgan fingerprint density at radius 1 is 1.36 bits per heavy atom. The van der Waals surface area contributed by atoms with Crippen LogP contribution in [0, 0.1) is 0 Å². The second-order valence-electron chi connectivity index (χ2n) is 6.18. The lowest BCUT2D eigenvalue weighted by atomic mass is 10.1. The van der Waals surface area contributed by atoms with Crippen LogP contribution in [0.1, 0.15) is 25.0 Å². The number of para-hydroxylation sites is 1. The molecule has 1 aromatic carbocycles. The molecular weight excluding hydrogens is 316 g/mol. The molecular formula is C18H24N6O. The van der Waals surface area contributed by atoms with Crippen molar-refractivity contribution in [2.75, 3.05) is 6.54 Å². The molecule has 7 nitrogen and oxygen atoms in total. The monoisotopic (exact) mass is 340 g/mol. The van der Waals surface area contributed by atoms with Crippen LogP contribution in [0.5, 0.6) is 0 Å². The van der Waals surface area contributed by atoms with Gasteiger partial charge in [-0.15, -0.1) is 0 Å². The molecule has 0 radical (unpaired) electrons. The highest BCUT2D eigenvalue weighted by molar-refractivity contribution is 5.86. The third-order valence-corrected chi connectivity index (χ3v) is 4.25. The molecule has 0 bridgehead atoms. The normalized spacial score (nSPS) is 12.2. The molecule has 132 valence electrons. The van der Waals surface area contributed by atoms with E-state index in [-0.39, 0.29) is 12.1 Å². The summed E-state index contributed by atoms with van der Waals surface area (Å²) in [6.07, 6.45) is 6.95. The van der Waals surface area contributed by atoms with Gasteiger partial charge in [0.1, 0.15) is 12.7 Å². The summed E-state index contributed by atoms with van der Waals surface area (Å²) >= 11 is 0. The van der Waals surface area contributed by atoms with E-state index < -0.39 is 0 Å². The number of benzene rings is 1.